The van der Waals surface area contributed by atoms with Crippen molar-refractivity contribution in [3.8, 4) is 16.9 Å². The molecule has 0 unspecified atom stereocenters. The minimum Gasteiger partial charge on any atom is -0.493 e. The molecule has 0 bridgehead atoms. The predicted octanol–water partition coefficient (Wildman–Crippen LogP) is 2.88. The lowest BCUT2D eigenvalue weighted by Gasteiger charge is -2.13. The maximum atomic E-state index is 5.93. The zero-order valence-corrected chi connectivity index (χ0v) is 14.1. The van der Waals surface area contributed by atoms with E-state index < -0.39 is 0 Å². The Hall–Kier alpha value is -3.28. The van der Waals surface area contributed by atoms with Gasteiger partial charge in [-0.1, -0.05) is 24.3 Å². The van der Waals surface area contributed by atoms with Crippen molar-refractivity contribution < 1.29 is 4.74 Å². The van der Waals surface area contributed by atoms with Crippen LogP contribution in [0.2, 0.25) is 0 Å². The van der Waals surface area contributed by atoms with Crippen molar-refractivity contribution in [3.63, 3.8) is 0 Å². The van der Waals surface area contributed by atoms with Crippen molar-refractivity contribution in [1.82, 2.24) is 9.97 Å². The lowest BCUT2D eigenvalue weighted by Crippen LogP contribution is -2.04. The number of nitrogen functional groups attached to an aromatic ring is 3. The van der Waals surface area contributed by atoms with Crippen molar-refractivity contribution in [1.29, 1.82) is 0 Å². The molecule has 0 saturated carbocycles. The molecule has 0 saturated heterocycles. The SMILES string of the molecule is CCOc1cc(Cc2cnc(N)nc2N)ccc1-c1ccc(N)cc1. The van der Waals surface area contributed by atoms with Gasteiger partial charge in [-0.25, -0.2) is 4.98 Å². The second-order valence-corrected chi connectivity index (χ2v) is 5.70. The molecule has 0 aliphatic carbocycles. The van der Waals surface area contributed by atoms with Gasteiger partial charge in [-0.2, -0.15) is 4.98 Å². The fraction of sp³-hybridized carbons (Fsp3) is 0.158. The van der Waals surface area contributed by atoms with Gasteiger partial charge in [-0.05, 0) is 36.2 Å². The zero-order chi connectivity index (χ0) is 17.8. The van der Waals surface area contributed by atoms with E-state index in [1.54, 1.807) is 6.20 Å². The molecule has 128 valence electrons. The Bertz CT molecular complexity index is 877. The highest BCUT2D eigenvalue weighted by molar-refractivity contribution is 5.72. The first-order valence-electron chi connectivity index (χ1n) is 8.05. The Morgan fingerprint density at radius 1 is 1.00 bits per heavy atom. The Labute approximate surface area is 146 Å². The number of nitrogens with two attached hydrogens (primary N) is 3. The number of aromatic nitrogens is 2. The molecule has 0 radical (unpaired) electrons. The Morgan fingerprint density at radius 3 is 2.44 bits per heavy atom. The molecule has 0 amide bonds. The van der Waals surface area contributed by atoms with Crippen LogP contribution in [0.1, 0.15) is 18.1 Å². The van der Waals surface area contributed by atoms with Gasteiger partial charge in [0.2, 0.25) is 5.95 Å². The Morgan fingerprint density at radius 2 is 1.76 bits per heavy atom. The van der Waals surface area contributed by atoms with E-state index in [2.05, 4.69) is 9.97 Å². The summed E-state index contributed by atoms with van der Waals surface area (Å²) >= 11 is 0. The van der Waals surface area contributed by atoms with Gasteiger partial charge in [-0.15, -0.1) is 0 Å². The smallest absolute Gasteiger partial charge is 0.221 e. The molecule has 6 nitrogen and oxygen atoms in total. The van der Waals surface area contributed by atoms with Crippen molar-refractivity contribution >= 4 is 17.5 Å². The maximum Gasteiger partial charge on any atom is 0.221 e. The number of benzene rings is 2. The van der Waals surface area contributed by atoms with Gasteiger partial charge >= 0.3 is 0 Å². The summed E-state index contributed by atoms with van der Waals surface area (Å²) in [4.78, 5) is 8.02. The average molecular weight is 335 g/mol. The third-order valence-corrected chi connectivity index (χ3v) is 3.88. The number of anilines is 3. The van der Waals surface area contributed by atoms with Gasteiger partial charge in [-0.3, -0.25) is 0 Å². The largest absolute Gasteiger partial charge is 0.493 e. The quantitative estimate of drug-likeness (QED) is 0.618. The summed E-state index contributed by atoms with van der Waals surface area (Å²) < 4.78 is 5.84. The van der Waals surface area contributed by atoms with Gasteiger partial charge in [0.1, 0.15) is 11.6 Å². The second kappa shape index (κ2) is 7.09. The van der Waals surface area contributed by atoms with Crippen LogP contribution in [-0.4, -0.2) is 16.6 Å². The maximum absolute atomic E-state index is 5.93. The first-order chi connectivity index (χ1) is 12.1. The number of nitrogens with zero attached hydrogens (tertiary/aromatic N) is 2. The predicted molar refractivity (Wildman–Crippen MR) is 101 cm³/mol. The van der Waals surface area contributed by atoms with Crippen molar-refractivity contribution in [2.75, 3.05) is 23.8 Å². The molecule has 0 fully saturated rings. The number of hydrogen-bond acceptors (Lipinski definition) is 6. The molecule has 3 aromatic rings. The molecule has 1 aromatic heterocycles. The molecule has 0 spiro atoms. The summed E-state index contributed by atoms with van der Waals surface area (Å²) in [5.41, 5.74) is 21.9. The van der Waals surface area contributed by atoms with Gasteiger partial charge in [0.05, 0.1) is 6.61 Å². The molecule has 6 heteroatoms. The van der Waals surface area contributed by atoms with Crippen molar-refractivity contribution in [2.45, 2.75) is 13.3 Å². The van der Waals surface area contributed by atoms with E-state index in [-0.39, 0.29) is 5.95 Å². The summed E-state index contributed by atoms with van der Waals surface area (Å²) in [5, 5.41) is 0. The van der Waals surface area contributed by atoms with Crippen LogP contribution < -0.4 is 21.9 Å². The first kappa shape index (κ1) is 16.6. The molecule has 25 heavy (non-hydrogen) atoms. The summed E-state index contributed by atoms with van der Waals surface area (Å²) in [6.07, 6.45) is 2.26. The second-order valence-electron chi connectivity index (χ2n) is 5.70. The molecule has 0 atom stereocenters. The third-order valence-electron chi connectivity index (χ3n) is 3.88. The van der Waals surface area contributed by atoms with Crippen molar-refractivity contribution in [3.05, 3.63) is 59.8 Å². The number of rotatable bonds is 5. The van der Waals surface area contributed by atoms with Crippen LogP contribution in [-0.2, 0) is 6.42 Å². The highest BCUT2D eigenvalue weighted by atomic mass is 16.5. The molecular weight excluding hydrogens is 314 g/mol. The lowest BCUT2D eigenvalue weighted by atomic mass is 9.99. The molecule has 0 aliphatic rings. The Balaban J connectivity index is 1.94. The van der Waals surface area contributed by atoms with Crippen LogP contribution in [0.5, 0.6) is 5.75 Å². The lowest BCUT2D eigenvalue weighted by molar-refractivity contribution is 0.341. The van der Waals surface area contributed by atoms with E-state index in [9.17, 15) is 0 Å². The van der Waals surface area contributed by atoms with Gasteiger partial charge in [0.15, 0.2) is 0 Å². The van der Waals surface area contributed by atoms with E-state index in [1.807, 2.05) is 49.4 Å². The summed E-state index contributed by atoms with van der Waals surface area (Å²) in [6, 6.07) is 13.8. The topological polar surface area (TPSA) is 113 Å². The highest BCUT2D eigenvalue weighted by Gasteiger charge is 2.10. The van der Waals surface area contributed by atoms with Crippen LogP contribution in [0, 0.1) is 0 Å². The summed E-state index contributed by atoms with van der Waals surface area (Å²) in [7, 11) is 0. The summed E-state index contributed by atoms with van der Waals surface area (Å²) in [6.45, 7) is 2.55. The molecule has 0 aliphatic heterocycles. The standard InChI is InChI=1S/C19H21N5O/c1-2-25-17-10-12(9-14-11-23-19(22)24-18(14)21)3-8-16(17)13-4-6-15(20)7-5-13/h3-8,10-11H,2,9,20H2,1H3,(H4,21,22,23,24). The molecule has 1 heterocycles. The van der Waals surface area contributed by atoms with Crippen molar-refractivity contribution in [2.24, 2.45) is 0 Å². The molecule has 2 aromatic carbocycles. The summed E-state index contributed by atoms with van der Waals surface area (Å²) in [5.74, 6) is 1.39. The fourth-order valence-electron chi connectivity index (χ4n) is 2.64. The average Bonchev–Trinajstić information content (AvgIpc) is 2.59. The number of hydrogen-bond donors (Lipinski definition) is 3. The minimum absolute atomic E-state index is 0.176. The van der Waals surface area contributed by atoms with Crippen LogP contribution in [0.3, 0.4) is 0 Å². The van der Waals surface area contributed by atoms with E-state index in [4.69, 9.17) is 21.9 Å². The third kappa shape index (κ3) is 3.80. The first-order valence-corrected chi connectivity index (χ1v) is 8.05. The van der Waals surface area contributed by atoms with Gasteiger partial charge in [0.25, 0.3) is 0 Å². The zero-order valence-electron chi connectivity index (χ0n) is 14.1. The fourth-order valence-corrected chi connectivity index (χ4v) is 2.64. The monoisotopic (exact) mass is 335 g/mol. The van der Waals surface area contributed by atoms with E-state index in [0.29, 0.717) is 18.8 Å². The normalized spacial score (nSPS) is 10.6. The van der Waals surface area contributed by atoms with Gasteiger partial charge in [0, 0.05) is 29.4 Å². The van der Waals surface area contributed by atoms with E-state index >= 15 is 0 Å². The van der Waals surface area contributed by atoms with Crippen LogP contribution in [0.15, 0.2) is 48.7 Å². The van der Waals surface area contributed by atoms with E-state index in [1.165, 1.54) is 0 Å². The van der Waals surface area contributed by atoms with Gasteiger partial charge < -0.3 is 21.9 Å². The van der Waals surface area contributed by atoms with Crippen LogP contribution in [0.4, 0.5) is 17.5 Å². The van der Waals surface area contributed by atoms with Crippen LogP contribution in [0.25, 0.3) is 11.1 Å². The molecular formula is C19H21N5O. The highest BCUT2D eigenvalue weighted by Crippen LogP contribution is 2.32. The molecule has 6 N–H and O–H groups in total. The van der Waals surface area contributed by atoms with E-state index in [0.717, 1.165) is 33.7 Å². The number of ether oxygens (including phenoxy) is 1. The Kier molecular flexibility index (Phi) is 4.70. The molecule has 3 rings (SSSR count). The minimum atomic E-state index is 0.176. The van der Waals surface area contributed by atoms with Crippen LogP contribution >= 0.6 is 0 Å².